The number of rotatable bonds is 50. The Labute approximate surface area is 463 Å². The third-order valence-corrected chi connectivity index (χ3v) is 14.8. The molecule has 0 radical (unpaired) electrons. The van der Waals surface area contributed by atoms with Gasteiger partial charge in [0.2, 0.25) is 23.6 Å². The summed E-state index contributed by atoms with van der Waals surface area (Å²) in [5.74, 6) is -4.66. The van der Waals surface area contributed by atoms with Crippen molar-refractivity contribution in [2.75, 3.05) is 26.3 Å². The van der Waals surface area contributed by atoms with Crippen molar-refractivity contribution in [3.05, 3.63) is 36.0 Å². The van der Waals surface area contributed by atoms with E-state index in [0.29, 0.717) is 25.7 Å². The number of benzene rings is 1. The predicted octanol–water partition coefficient (Wildman–Crippen LogP) is 12.3. The molecule has 0 aliphatic carbocycles. The van der Waals surface area contributed by atoms with Crippen molar-refractivity contribution in [1.82, 2.24) is 26.3 Å². The predicted molar refractivity (Wildman–Crippen MR) is 308 cm³/mol. The number of aromatic nitrogens is 1. The molecule has 2 rings (SSSR count). The molecule has 438 valence electrons. The van der Waals surface area contributed by atoms with Gasteiger partial charge in [0, 0.05) is 55.2 Å². The second kappa shape index (κ2) is 44.1. The second-order valence-corrected chi connectivity index (χ2v) is 21.8. The monoisotopic (exact) mass is 1080 g/mol. The van der Waals surface area contributed by atoms with Gasteiger partial charge in [0.25, 0.3) is 0 Å². The third-order valence-electron chi connectivity index (χ3n) is 14.8. The van der Waals surface area contributed by atoms with Gasteiger partial charge in [-0.1, -0.05) is 200 Å². The molecule has 0 bridgehead atoms. The van der Waals surface area contributed by atoms with Crippen LogP contribution < -0.4 is 21.3 Å². The number of fused-ring (bicyclic) bond motifs is 1. The summed E-state index contributed by atoms with van der Waals surface area (Å²) in [6.07, 6.45) is 32.4. The highest BCUT2D eigenvalue weighted by Crippen LogP contribution is 2.20. The van der Waals surface area contributed by atoms with Gasteiger partial charge >= 0.3 is 11.9 Å². The van der Waals surface area contributed by atoms with E-state index < -0.39 is 54.7 Å². The van der Waals surface area contributed by atoms with Crippen molar-refractivity contribution in [2.24, 2.45) is 11.8 Å². The molecule has 1 aromatic carbocycles. The highest BCUT2D eigenvalue weighted by atomic mass is 16.5. The number of hydrogen-bond donors (Lipinski definition) is 6. The fraction of sp³-hybridized carbons (Fsp3) is 0.758. The Balaban J connectivity index is 2.04. The van der Waals surface area contributed by atoms with Gasteiger partial charge in [-0.25, -0.2) is 0 Å². The smallest absolute Gasteiger partial charge is 0.306 e. The number of hydrogen-bond acceptors (Lipinski definition) is 9. The van der Waals surface area contributed by atoms with Gasteiger partial charge in [-0.2, -0.15) is 0 Å². The Bertz CT molecular complexity index is 1940. The van der Waals surface area contributed by atoms with Gasteiger partial charge in [0.15, 0.2) is 0 Å². The Kier molecular flexibility index (Phi) is 39.1. The number of carboxylic acids is 1. The van der Waals surface area contributed by atoms with Crippen LogP contribution >= 0.6 is 0 Å². The molecule has 1 aromatic heterocycles. The zero-order valence-electron chi connectivity index (χ0n) is 48.6. The van der Waals surface area contributed by atoms with Crippen LogP contribution in [0.25, 0.3) is 10.9 Å². The molecule has 15 heteroatoms. The number of ether oxygens (including phenoxy) is 2. The van der Waals surface area contributed by atoms with Crippen molar-refractivity contribution in [2.45, 2.75) is 265 Å². The van der Waals surface area contributed by atoms with Gasteiger partial charge in [-0.15, -0.1) is 0 Å². The molecule has 2 aromatic rings. The zero-order chi connectivity index (χ0) is 56.3. The number of carboxylic acid groups (broad SMARTS) is 1. The van der Waals surface area contributed by atoms with Crippen LogP contribution in [-0.4, -0.2) is 95.9 Å². The van der Waals surface area contributed by atoms with Crippen molar-refractivity contribution in [1.29, 1.82) is 0 Å². The minimum Gasteiger partial charge on any atom is -0.481 e. The van der Waals surface area contributed by atoms with Crippen LogP contribution in [0.15, 0.2) is 30.5 Å². The molecule has 0 aliphatic rings. The van der Waals surface area contributed by atoms with Crippen LogP contribution in [0.2, 0.25) is 0 Å². The highest BCUT2D eigenvalue weighted by Gasteiger charge is 2.29. The lowest BCUT2D eigenvalue weighted by molar-refractivity contribution is -0.150. The lowest BCUT2D eigenvalue weighted by atomic mass is 9.97. The molecule has 15 nitrogen and oxygen atoms in total. The summed E-state index contributed by atoms with van der Waals surface area (Å²) >= 11 is 0. The van der Waals surface area contributed by atoms with Gasteiger partial charge < -0.3 is 40.8 Å². The fourth-order valence-corrected chi connectivity index (χ4v) is 9.78. The van der Waals surface area contributed by atoms with Gasteiger partial charge in [-0.05, 0) is 43.2 Å². The summed E-state index contributed by atoms with van der Waals surface area (Å²) in [4.78, 5) is 95.1. The van der Waals surface area contributed by atoms with Crippen molar-refractivity contribution in [3.63, 3.8) is 0 Å². The number of ketones is 1. The number of H-pyrrole nitrogens is 1. The second-order valence-electron chi connectivity index (χ2n) is 21.8. The lowest BCUT2D eigenvalue weighted by Crippen LogP contribution is -2.54. The highest BCUT2D eigenvalue weighted by molar-refractivity contribution is 5.95. The number of carbonyl (C=O) groups excluding carboxylic acids is 6. The summed E-state index contributed by atoms with van der Waals surface area (Å²) in [7, 11) is 0. The number of Topliss-reactive ketones (excluding diaryl/α,β-unsaturated/α-hetero) is 1. The Morgan fingerprint density at radius 1 is 0.610 bits per heavy atom. The summed E-state index contributed by atoms with van der Waals surface area (Å²) in [6.45, 7) is 10.2. The molecular weight excluding hydrogens is 975 g/mol. The first-order valence-electron chi connectivity index (χ1n) is 30.5. The maximum Gasteiger partial charge on any atom is 0.306 e. The number of carbonyl (C=O) groups is 7. The van der Waals surface area contributed by atoms with Crippen LogP contribution in [0.5, 0.6) is 0 Å². The molecule has 0 saturated carbocycles. The lowest BCUT2D eigenvalue weighted by Gasteiger charge is -2.24. The molecule has 5 atom stereocenters. The maximum atomic E-state index is 13.7. The van der Waals surface area contributed by atoms with Gasteiger partial charge in [0.05, 0.1) is 32.6 Å². The number of unbranched alkanes of at least 4 members (excludes halogenated alkanes) is 22. The van der Waals surface area contributed by atoms with Crippen LogP contribution in [0.1, 0.15) is 246 Å². The molecule has 77 heavy (non-hydrogen) atoms. The molecule has 0 spiro atoms. The van der Waals surface area contributed by atoms with Crippen molar-refractivity contribution in [3.8, 4) is 0 Å². The molecule has 0 saturated heterocycles. The summed E-state index contributed by atoms with van der Waals surface area (Å²) in [6, 6.07) is 5.17. The van der Waals surface area contributed by atoms with E-state index in [-0.39, 0.29) is 62.3 Å². The van der Waals surface area contributed by atoms with E-state index in [1.54, 1.807) is 6.20 Å². The standard InChI is InChI=1S/C62H105N5O10/c1-6-10-13-16-18-20-21-23-24-27-29-34-51(68)41-49(47-76-40-39-52(35-30-26-15-12-8-3)77-59(73)38-31-28-25-22-19-17-14-11-7-2)44-64-61(74)55(43-58(71)72)66-57(70)46-65-62(75)60(48(5)9-4)67-56(69)42-50-45-63-54-37-33-32-36-53(50)54/h32-33,36-37,45,48-49,52,55,60,63H,6-31,34-35,38-44,46-47H2,1-5H3,(H,64,74)(H,65,75)(H,66,70)(H,67,69)(H,71,72)/t48-,49?,52+,55-,60-/m0/s1. The van der Waals surface area contributed by atoms with E-state index in [1.807, 2.05) is 38.1 Å². The number of amides is 4. The molecule has 1 unspecified atom stereocenters. The number of nitrogens with one attached hydrogen (secondary N) is 5. The van der Waals surface area contributed by atoms with Gasteiger partial charge in [0.1, 0.15) is 24.0 Å². The SMILES string of the molecule is CCCCCCCCCCCCCC(=O)CC(CNC(=O)[C@H](CC(=O)O)NC(=O)CNC(=O)[C@@H](NC(=O)Cc1c[nH]c2ccccc12)[C@@H](C)CC)COCC[C@@H](CCCCCCC)OC(=O)CCCCCCCCCCC. The maximum absolute atomic E-state index is 13.7. The van der Waals surface area contributed by atoms with Crippen LogP contribution in [0.4, 0.5) is 0 Å². The number of esters is 1. The largest absolute Gasteiger partial charge is 0.481 e. The average molecular weight is 1080 g/mol. The van der Waals surface area contributed by atoms with E-state index in [0.717, 1.165) is 93.5 Å². The zero-order valence-corrected chi connectivity index (χ0v) is 48.6. The van der Waals surface area contributed by atoms with Crippen LogP contribution in [0.3, 0.4) is 0 Å². The molecule has 1 heterocycles. The first-order chi connectivity index (χ1) is 37.3. The van der Waals surface area contributed by atoms with E-state index in [1.165, 1.54) is 89.9 Å². The van der Waals surface area contributed by atoms with E-state index in [4.69, 9.17) is 9.47 Å². The summed E-state index contributed by atoms with van der Waals surface area (Å²) in [5.41, 5.74) is 1.67. The van der Waals surface area contributed by atoms with Crippen molar-refractivity contribution < 1.29 is 48.1 Å². The molecule has 0 aliphatic heterocycles. The normalized spacial score (nSPS) is 13.3. The average Bonchev–Trinajstić information content (AvgIpc) is 3.82. The summed E-state index contributed by atoms with van der Waals surface area (Å²) in [5, 5.41) is 21.3. The molecule has 4 amide bonds. The third kappa shape index (κ3) is 33.3. The quantitative estimate of drug-likeness (QED) is 0.0272. The number of para-hydroxylation sites is 1. The Morgan fingerprint density at radius 2 is 1.17 bits per heavy atom. The van der Waals surface area contributed by atoms with Gasteiger partial charge in [-0.3, -0.25) is 33.6 Å². The first-order valence-corrected chi connectivity index (χ1v) is 30.5. The number of aliphatic carboxylic acids is 1. The minimum atomic E-state index is -1.48. The fourth-order valence-electron chi connectivity index (χ4n) is 9.78. The molecular formula is C62H105N5O10. The Morgan fingerprint density at radius 3 is 1.75 bits per heavy atom. The summed E-state index contributed by atoms with van der Waals surface area (Å²) < 4.78 is 12.2. The molecule has 6 N–H and O–H groups in total. The van der Waals surface area contributed by atoms with Crippen LogP contribution in [-0.2, 0) is 49.5 Å². The van der Waals surface area contributed by atoms with E-state index >= 15 is 0 Å². The topological polar surface area (TPSA) is 222 Å². The van der Waals surface area contributed by atoms with Crippen LogP contribution in [0, 0.1) is 11.8 Å². The minimum absolute atomic E-state index is 0.00499. The van der Waals surface area contributed by atoms with E-state index in [9.17, 15) is 38.7 Å². The first kappa shape index (κ1) is 68.3. The van der Waals surface area contributed by atoms with Crippen molar-refractivity contribution >= 4 is 52.3 Å². The molecule has 0 fully saturated rings. The van der Waals surface area contributed by atoms with E-state index in [2.05, 4.69) is 47.0 Å². The Hall–Kier alpha value is -4.79. The number of aromatic amines is 1.